The maximum atomic E-state index is 12.2. The summed E-state index contributed by atoms with van der Waals surface area (Å²) in [6, 6.07) is 10.6. The van der Waals surface area contributed by atoms with Crippen LogP contribution >= 0.6 is 22.6 Å². The van der Waals surface area contributed by atoms with Gasteiger partial charge in [-0.3, -0.25) is 9.59 Å². The van der Waals surface area contributed by atoms with Crippen molar-refractivity contribution in [2.24, 2.45) is 5.41 Å². The van der Waals surface area contributed by atoms with Gasteiger partial charge in [0.25, 0.3) is 0 Å². The van der Waals surface area contributed by atoms with Crippen molar-refractivity contribution in [1.29, 1.82) is 5.26 Å². The van der Waals surface area contributed by atoms with Crippen molar-refractivity contribution in [3.8, 4) is 6.07 Å². The van der Waals surface area contributed by atoms with E-state index in [9.17, 15) is 14.9 Å². The van der Waals surface area contributed by atoms with Crippen LogP contribution in [-0.2, 0) is 9.53 Å². The quantitative estimate of drug-likeness (QED) is 0.430. The lowest BCUT2D eigenvalue weighted by atomic mass is 9.80. The molecular formula is C15H14INO3. The van der Waals surface area contributed by atoms with Crippen molar-refractivity contribution in [1.82, 2.24) is 0 Å². The van der Waals surface area contributed by atoms with Gasteiger partial charge in [-0.1, -0.05) is 59.0 Å². The minimum Gasteiger partial charge on any atom is -0.468 e. The van der Waals surface area contributed by atoms with Gasteiger partial charge in [-0.25, -0.2) is 0 Å². The highest BCUT2D eigenvalue weighted by atomic mass is 127. The van der Waals surface area contributed by atoms with Crippen molar-refractivity contribution in [3.63, 3.8) is 0 Å². The number of benzene rings is 1. The van der Waals surface area contributed by atoms with E-state index in [2.05, 4.69) is 0 Å². The van der Waals surface area contributed by atoms with Crippen molar-refractivity contribution < 1.29 is 14.3 Å². The summed E-state index contributed by atoms with van der Waals surface area (Å²) < 4.78 is 6.40. The van der Waals surface area contributed by atoms with Gasteiger partial charge < -0.3 is 4.74 Å². The highest BCUT2D eigenvalue weighted by Gasteiger charge is 2.41. The second-order valence-electron chi connectivity index (χ2n) is 4.22. The normalized spacial score (nSPS) is 13.4. The van der Waals surface area contributed by atoms with Crippen molar-refractivity contribution in [3.05, 3.63) is 46.1 Å². The Balaban J connectivity index is 3.04. The number of hydrogen-bond donors (Lipinski definition) is 0. The summed E-state index contributed by atoms with van der Waals surface area (Å²) in [4.78, 5) is 24.1. The number of Topliss-reactive ketones (excluding diaryl/α,β-unsaturated/α-hetero) is 1. The molecule has 0 unspecified atom stereocenters. The van der Waals surface area contributed by atoms with Crippen LogP contribution in [0.1, 0.15) is 23.2 Å². The Kier molecular flexibility index (Phi) is 6.39. The summed E-state index contributed by atoms with van der Waals surface area (Å²) in [5, 5.41) is 9.36. The Morgan fingerprint density at radius 1 is 1.40 bits per heavy atom. The smallest absolute Gasteiger partial charge is 0.327 e. The molecule has 0 saturated heterocycles. The summed E-state index contributed by atoms with van der Waals surface area (Å²) in [5.41, 5.74) is -0.988. The second-order valence-corrected chi connectivity index (χ2v) is 4.94. The third kappa shape index (κ3) is 3.90. The van der Waals surface area contributed by atoms with Gasteiger partial charge in [0, 0.05) is 12.0 Å². The summed E-state index contributed by atoms with van der Waals surface area (Å²) in [6.07, 6.45) is 1.64. The van der Waals surface area contributed by atoms with E-state index in [0.29, 0.717) is 5.56 Å². The maximum absolute atomic E-state index is 12.2. The standard InChI is InChI=1S/C15H14INO3/c1-20-14(19)15(11-17,8-5-9-16)10-13(18)12-6-3-2-4-7-12/h2-7,9H,8,10H2,1H3/b9-5+/t15-/m0/s1. The molecule has 104 valence electrons. The van der Waals surface area contributed by atoms with Crippen LogP contribution in [0.15, 0.2) is 40.5 Å². The SMILES string of the molecule is COC(=O)[C@@](C#N)(C/C=C/I)CC(=O)c1ccccc1. The second kappa shape index (κ2) is 7.80. The largest absolute Gasteiger partial charge is 0.468 e. The zero-order valence-corrected chi connectivity index (χ0v) is 13.2. The number of ketones is 1. The Hall–Kier alpha value is -1.68. The maximum Gasteiger partial charge on any atom is 0.327 e. The molecule has 20 heavy (non-hydrogen) atoms. The average molecular weight is 383 g/mol. The zero-order valence-electron chi connectivity index (χ0n) is 11.0. The fourth-order valence-corrected chi connectivity index (χ4v) is 2.05. The Morgan fingerprint density at radius 2 is 2.05 bits per heavy atom. The van der Waals surface area contributed by atoms with E-state index in [4.69, 9.17) is 4.74 Å². The Labute approximate surface area is 131 Å². The minimum absolute atomic E-state index is 0.150. The van der Waals surface area contributed by atoms with Crippen LogP contribution in [0, 0.1) is 16.7 Å². The van der Waals surface area contributed by atoms with E-state index >= 15 is 0 Å². The van der Waals surface area contributed by atoms with E-state index < -0.39 is 11.4 Å². The number of halogens is 1. The molecule has 4 nitrogen and oxygen atoms in total. The van der Waals surface area contributed by atoms with Crippen LogP contribution in [0.2, 0.25) is 0 Å². The van der Waals surface area contributed by atoms with Crippen molar-refractivity contribution in [2.75, 3.05) is 7.11 Å². The lowest BCUT2D eigenvalue weighted by Crippen LogP contribution is -2.33. The summed E-state index contributed by atoms with van der Waals surface area (Å²) in [7, 11) is 1.22. The first kappa shape index (κ1) is 16.4. The molecule has 1 aromatic carbocycles. The van der Waals surface area contributed by atoms with Crippen LogP contribution in [-0.4, -0.2) is 18.9 Å². The summed E-state index contributed by atoms with van der Waals surface area (Å²) in [5.74, 6) is -0.932. The van der Waals surface area contributed by atoms with Gasteiger partial charge in [0.15, 0.2) is 11.2 Å². The van der Waals surface area contributed by atoms with Crippen LogP contribution in [0.25, 0.3) is 0 Å². The molecule has 0 aromatic heterocycles. The number of esters is 1. The fraction of sp³-hybridized carbons (Fsp3) is 0.267. The molecule has 0 saturated carbocycles. The van der Waals surface area contributed by atoms with E-state index in [1.54, 1.807) is 40.5 Å². The topological polar surface area (TPSA) is 67.2 Å². The van der Waals surface area contributed by atoms with Gasteiger partial charge in [0.05, 0.1) is 13.2 Å². The molecule has 0 aliphatic rings. The molecule has 0 radical (unpaired) electrons. The molecule has 1 atom stereocenters. The van der Waals surface area contributed by atoms with Crippen LogP contribution in [0.4, 0.5) is 0 Å². The fourth-order valence-electron chi connectivity index (χ4n) is 1.80. The lowest BCUT2D eigenvalue weighted by molar-refractivity contribution is -0.149. The third-order valence-electron chi connectivity index (χ3n) is 2.90. The molecule has 0 aliphatic heterocycles. The molecule has 1 aromatic rings. The molecule has 0 bridgehead atoms. The Morgan fingerprint density at radius 3 is 2.55 bits per heavy atom. The zero-order chi connectivity index (χ0) is 15.0. The number of rotatable bonds is 6. The van der Waals surface area contributed by atoms with E-state index in [-0.39, 0.29) is 18.6 Å². The third-order valence-corrected chi connectivity index (χ3v) is 3.41. The molecule has 0 amide bonds. The number of methoxy groups -OCH3 is 1. The predicted molar refractivity (Wildman–Crippen MR) is 83.2 cm³/mol. The number of allylic oxidation sites excluding steroid dienone is 1. The molecule has 0 heterocycles. The number of ether oxygens (including phenoxy) is 1. The van der Waals surface area contributed by atoms with E-state index in [1.165, 1.54) is 7.11 Å². The first-order chi connectivity index (χ1) is 9.59. The van der Waals surface area contributed by atoms with Gasteiger partial charge in [-0.2, -0.15) is 5.26 Å². The molecule has 0 spiro atoms. The molecular weight excluding hydrogens is 369 g/mol. The monoisotopic (exact) mass is 383 g/mol. The van der Waals surface area contributed by atoms with Gasteiger partial charge in [-0.05, 0) is 10.5 Å². The summed E-state index contributed by atoms with van der Waals surface area (Å²) in [6.45, 7) is 0. The highest BCUT2D eigenvalue weighted by molar-refractivity contribution is 14.1. The minimum atomic E-state index is -1.47. The average Bonchev–Trinajstić information content (AvgIpc) is 2.51. The van der Waals surface area contributed by atoms with Gasteiger partial charge in [0.1, 0.15) is 0 Å². The first-order valence-electron chi connectivity index (χ1n) is 5.93. The van der Waals surface area contributed by atoms with Crippen LogP contribution in [0.5, 0.6) is 0 Å². The molecule has 1 rings (SSSR count). The Bertz CT molecular complexity index is 548. The first-order valence-corrected chi connectivity index (χ1v) is 7.17. The van der Waals surface area contributed by atoms with Crippen molar-refractivity contribution >= 4 is 34.3 Å². The lowest BCUT2D eigenvalue weighted by Gasteiger charge is -2.21. The number of carbonyl (C=O) groups is 2. The molecule has 0 aliphatic carbocycles. The van der Waals surface area contributed by atoms with Crippen LogP contribution in [0.3, 0.4) is 0 Å². The number of carbonyl (C=O) groups excluding carboxylic acids is 2. The predicted octanol–water partition coefficient (Wildman–Crippen LogP) is 3.28. The van der Waals surface area contributed by atoms with E-state index in [0.717, 1.165) is 0 Å². The van der Waals surface area contributed by atoms with Gasteiger partial charge in [0.2, 0.25) is 0 Å². The molecule has 5 heteroatoms. The number of nitriles is 1. The highest BCUT2D eigenvalue weighted by Crippen LogP contribution is 2.30. The molecule has 0 fully saturated rings. The van der Waals surface area contributed by atoms with Gasteiger partial charge in [-0.15, -0.1) is 0 Å². The number of nitrogens with zero attached hydrogens (tertiary/aromatic N) is 1. The molecule has 0 N–H and O–H groups in total. The van der Waals surface area contributed by atoms with Crippen molar-refractivity contribution in [2.45, 2.75) is 12.8 Å². The number of hydrogen-bond acceptors (Lipinski definition) is 4. The van der Waals surface area contributed by atoms with Gasteiger partial charge >= 0.3 is 5.97 Å². The summed E-state index contributed by atoms with van der Waals surface area (Å²) >= 11 is 2.00. The van der Waals surface area contributed by atoms with Crippen LogP contribution < -0.4 is 0 Å². The van der Waals surface area contributed by atoms with E-state index in [1.807, 2.05) is 28.7 Å².